The minimum absolute atomic E-state index is 0.0174. The summed E-state index contributed by atoms with van der Waals surface area (Å²) in [4.78, 5) is 0. The van der Waals surface area contributed by atoms with Crippen LogP contribution in [0.15, 0.2) is 0 Å². The van der Waals surface area contributed by atoms with Crippen molar-refractivity contribution in [3.05, 3.63) is 0 Å². The normalized spacial score (nSPS) is 31.8. The summed E-state index contributed by atoms with van der Waals surface area (Å²) in [5, 5.41) is 0. The lowest BCUT2D eigenvalue weighted by Crippen LogP contribution is -2.48. The molecule has 0 bridgehead atoms. The average molecular weight is 216 g/mol. The highest BCUT2D eigenvalue weighted by Crippen LogP contribution is 2.34. The molecule has 4 nitrogen and oxygen atoms in total. The van der Waals surface area contributed by atoms with Crippen LogP contribution in [0.5, 0.6) is 0 Å². The van der Waals surface area contributed by atoms with Crippen molar-refractivity contribution < 1.29 is 0 Å². The zero-order chi connectivity index (χ0) is 12.1. The highest BCUT2D eigenvalue weighted by Gasteiger charge is 2.33. The van der Waals surface area contributed by atoms with Crippen LogP contribution in [0.4, 0.5) is 0 Å². The molecule has 4 heteroatoms. The van der Waals surface area contributed by atoms with E-state index in [9.17, 15) is 0 Å². The topological polar surface area (TPSA) is 104 Å². The van der Waals surface area contributed by atoms with Gasteiger partial charge in [-0.1, -0.05) is 0 Å². The molecule has 0 aromatic carbocycles. The van der Waals surface area contributed by atoms with E-state index in [0.717, 1.165) is 12.8 Å². The van der Waals surface area contributed by atoms with E-state index in [1.54, 1.807) is 0 Å². The molecule has 92 valence electrons. The van der Waals surface area contributed by atoms with Gasteiger partial charge in [-0.25, -0.2) is 0 Å². The molecule has 1 fully saturated rings. The van der Waals surface area contributed by atoms with Gasteiger partial charge in [0.2, 0.25) is 0 Å². The number of hydrogen-bond acceptors (Lipinski definition) is 4. The van der Waals surface area contributed by atoms with Crippen LogP contribution in [0.2, 0.25) is 0 Å². The van der Waals surface area contributed by atoms with Crippen molar-refractivity contribution >= 4 is 0 Å². The molecule has 0 unspecified atom stereocenters. The van der Waals surface area contributed by atoms with Crippen LogP contribution in [0, 0.1) is 5.92 Å². The van der Waals surface area contributed by atoms with E-state index in [1.165, 1.54) is 12.8 Å². The predicted octanol–water partition coefficient (Wildman–Crippen LogP) is 0.493. The van der Waals surface area contributed by atoms with Crippen LogP contribution >= 0.6 is 0 Å². The maximum absolute atomic E-state index is 6.06. The van der Waals surface area contributed by atoms with Crippen molar-refractivity contribution in [2.75, 3.05) is 6.67 Å². The molecule has 0 saturated heterocycles. The van der Waals surface area contributed by atoms with E-state index in [-0.39, 0.29) is 17.7 Å². The molecule has 15 heavy (non-hydrogen) atoms. The second-order valence-corrected chi connectivity index (χ2v) is 5.49. The molecule has 0 radical (unpaired) electrons. The van der Waals surface area contributed by atoms with Gasteiger partial charge in [-0.15, -0.1) is 0 Å². The first-order chi connectivity index (χ1) is 6.73. The smallest absolute Gasteiger partial charge is 0.0403 e. The van der Waals surface area contributed by atoms with Gasteiger partial charge in [0.15, 0.2) is 0 Å². The molecule has 0 aliphatic heterocycles. The highest BCUT2D eigenvalue weighted by molar-refractivity contribution is 4.92. The van der Waals surface area contributed by atoms with Crippen LogP contribution in [0.25, 0.3) is 0 Å². The highest BCUT2D eigenvalue weighted by atomic mass is 14.8. The van der Waals surface area contributed by atoms with E-state index in [1.807, 2.05) is 0 Å². The van der Waals surface area contributed by atoms with Gasteiger partial charge in [0.05, 0.1) is 0 Å². The van der Waals surface area contributed by atoms with Crippen molar-refractivity contribution in [2.45, 2.75) is 57.5 Å². The standard InChI is InChI=1S/C10H22N2.CH6N2/c1-9(2,11)8-4-6-10(3,12)7-5-8;2-1-3/h8H,4-7,11-12H2,1-3H3;1-3H2. The fourth-order valence-electron chi connectivity index (χ4n) is 2.02. The molecule has 0 amide bonds. The number of nitrogens with two attached hydrogens (primary N) is 4. The average Bonchev–Trinajstić information content (AvgIpc) is 2.02. The Kier molecular flexibility index (Phi) is 5.73. The zero-order valence-corrected chi connectivity index (χ0v) is 10.4. The quantitative estimate of drug-likeness (QED) is 0.479. The van der Waals surface area contributed by atoms with E-state index in [2.05, 4.69) is 32.2 Å². The van der Waals surface area contributed by atoms with E-state index >= 15 is 0 Å². The Hall–Kier alpha value is -0.160. The first-order valence-electron chi connectivity index (χ1n) is 5.71. The number of hydrogen-bond donors (Lipinski definition) is 4. The SMILES string of the molecule is CC1(N)CCC(C(C)(C)N)CC1.NCN. The minimum Gasteiger partial charge on any atom is -0.325 e. The van der Waals surface area contributed by atoms with Gasteiger partial charge < -0.3 is 22.9 Å². The lowest BCUT2D eigenvalue weighted by molar-refractivity contribution is 0.185. The van der Waals surface area contributed by atoms with Gasteiger partial charge >= 0.3 is 0 Å². The summed E-state index contributed by atoms with van der Waals surface area (Å²) in [6.45, 7) is 6.64. The third-order valence-electron chi connectivity index (χ3n) is 3.18. The van der Waals surface area contributed by atoms with Crippen LogP contribution in [0.1, 0.15) is 46.5 Å². The monoisotopic (exact) mass is 216 g/mol. The maximum Gasteiger partial charge on any atom is 0.0403 e. The summed E-state index contributed by atoms with van der Waals surface area (Å²) in [6, 6.07) is 0. The molecule has 0 aromatic rings. The molecular weight excluding hydrogens is 188 g/mol. The molecular formula is C11H28N4. The van der Waals surface area contributed by atoms with Gasteiger partial charge in [-0.3, -0.25) is 0 Å². The van der Waals surface area contributed by atoms with Gasteiger partial charge in [0.25, 0.3) is 0 Å². The first-order valence-corrected chi connectivity index (χ1v) is 5.71. The van der Waals surface area contributed by atoms with Crippen molar-refractivity contribution in [3.8, 4) is 0 Å². The Bertz CT molecular complexity index is 162. The van der Waals surface area contributed by atoms with E-state index < -0.39 is 0 Å². The van der Waals surface area contributed by atoms with E-state index in [0.29, 0.717) is 5.92 Å². The van der Waals surface area contributed by atoms with E-state index in [4.69, 9.17) is 11.5 Å². The first kappa shape index (κ1) is 14.8. The fourth-order valence-corrected chi connectivity index (χ4v) is 2.02. The third kappa shape index (κ3) is 6.10. The summed E-state index contributed by atoms with van der Waals surface area (Å²) >= 11 is 0. The molecule has 0 spiro atoms. The van der Waals surface area contributed by atoms with Gasteiger partial charge in [-0.2, -0.15) is 0 Å². The Morgan fingerprint density at radius 2 is 1.53 bits per heavy atom. The summed E-state index contributed by atoms with van der Waals surface area (Å²) in [6.07, 6.45) is 4.63. The van der Waals surface area contributed by atoms with Crippen LogP contribution < -0.4 is 22.9 Å². The van der Waals surface area contributed by atoms with Crippen molar-refractivity contribution in [3.63, 3.8) is 0 Å². The Labute approximate surface area is 93.7 Å². The summed E-state index contributed by atoms with van der Waals surface area (Å²) in [5.41, 5.74) is 21.4. The lowest BCUT2D eigenvalue weighted by Gasteiger charge is -2.40. The van der Waals surface area contributed by atoms with Gasteiger partial charge in [-0.05, 0) is 52.4 Å². The summed E-state index contributed by atoms with van der Waals surface area (Å²) in [7, 11) is 0. The number of rotatable bonds is 1. The third-order valence-corrected chi connectivity index (χ3v) is 3.18. The minimum atomic E-state index is -0.0174. The lowest BCUT2D eigenvalue weighted by atomic mass is 9.71. The molecule has 1 saturated carbocycles. The molecule has 8 N–H and O–H groups in total. The largest absolute Gasteiger partial charge is 0.325 e. The Morgan fingerprint density at radius 3 is 1.80 bits per heavy atom. The second-order valence-electron chi connectivity index (χ2n) is 5.49. The Balaban J connectivity index is 0.000000583. The predicted molar refractivity (Wildman–Crippen MR) is 66.1 cm³/mol. The second kappa shape index (κ2) is 5.80. The van der Waals surface area contributed by atoms with Crippen LogP contribution in [-0.2, 0) is 0 Å². The molecule has 0 aromatic heterocycles. The van der Waals surface area contributed by atoms with Crippen LogP contribution in [0.3, 0.4) is 0 Å². The van der Waals surface area contributed by atoms with Crippen LogP contribution in [-0.4, -0.2) is 17.7 Å². The van der Waals surface area contributed by atoms with Gasteiger partial charge in [0, 0.05) is 17.7 Å². The molecule has 1 aliphatic carbocycles. The molecule has 0 atom stereocenters. The molecule has 1 rings (SSSR count). The fraction of sp³-hybridized carbons (Fsp3) is 1.00. The van der Waals surface area contributed by atoms with Crippen molar-refractivity contribution in [2.24, 2.45) is 28.9 Å². The zero-order valence-electron chi connectivity index (χ0n) is 10.4. The van der Waals surface area contributed by atoms with Crippen molar-refractivity contribution in [1.29, 1.82) is 0 Å². The maximum atomic E-state index is 6.06. The van der Waals surface area contributed by atoms with Gasteiger partial charge in [0.1, 0.15) is 0 Å². The molecule has 0 heterocycles. The Morgan fingerprint density at radius 1 is 1.20 bits per heavy atom. The summed E-state index contributed by atoms with van der Waals surface area (Å²) in [5.74, 6) is 0.661. The summed E-state index contributed by atoms with van der Waals surface area (Å²) < 4.78 is 0. The van der Waals surface area contributed by atoms with Crippen molar-refractivity contribution in [1.82, 2.24) is 0 Å². The molecule has 1 aliphatic rings.